The second kappa shape index (κ2) is 11.9. The van der Waals surface area contributed by atoms with Gasteiger partial charge in [0.1, 0.15) is 0 Å². The number of nitrogens with zero attached hydrogens (tertiary/aromatic N) is 2. The van der Waals surface area contributed by atoms with E-state index in [9.17, 15) is 4.79 Å². The number of aliphatic imine (C=N–C) groups is 1. The highest BCUT2D eigenvalue weighted by atomic mass is 127. The van der Waals surface area contributed by atoms with Gasteiger partial charge >= 0.3 is 0 Å². The Hall–Kier alpha value is -1.58. The van der Waals surface area contributed by atoms with Crippen molar-refractivity contribution in [3.8, 4) is 5.88 Å². The van der Waals surface area contributed by atoms with E-state index in [4.69, 9.17) is 4.74 Å². The van der Waals surface area contributed by atoms with Gasteiger partial charge in [-0.1, -0.05) is 13.0 Å². The van der Waals surface area contributed by atoms with E-state index >= 15 is 0 Å². The van der Waals surface area contributed by atoms with Gasteiger partial charge in [-0.15, -0.1) is 24.0 Å². The number of aromatic nitrogens is 1. The van der Waals surface area contributed by atoms with Crippen molar-refractivity contribution >= 4 is 35.8 Å². The Morgan fingerprint density at radius 2 is 2.04 bits per heavy atom. The first kappa shape index (κ1) is 23.4. The molecule has 0 aliphatic heterocycles. The Kier molecular flexibility index (Phi) is 11.1. The fourth-order valence-electron chi connectivity index (χ4n) is 1.91. The Labute approximate surface area is 167 Å². The number of carbonyl (C=O) groups is 1. The summed E-state index contributed by atoms with van der Waals surface area (Å²) in [4.78, 5) is 20.2. The third-order valence-electron chi connectivity index (χ3n) is 2.89. The lowest BCUT2D eigenvalue weighted by Crippen LogP contribution is -2.48. The molecule has 0 fully saturated rings. The van der Waals surface area contributed by atoms with Crippen LogP contribution in [0.5, 0.6) is 5.88 Å². The Morgan fingerprint density at radius 3 is 2.64 bits per heavy atom. The van der Waals surface area contributed by atoms with Crippen LogP contribution in [-0.2, 0) is 11.3 Å². The number of pyridine rings is 1. The number of guanidine groups is 1. The van der Waals surface area contributed by atoms with E-state index in [1.165, 1.54) is 0 Å². The normalized spacial score (nSPS) is 11.3. The molecule has 0 radical (unpaired) electrons. The highest BCUT2D eigenvalue weighted by molar-refractivity contribution is 14.0. The summed E-state index contributed by atoms with van der Waals surface area (Å²) in [5, 5.41) is 9.04. The van der Waals surface area contributed by atoms with E-state index in [1.807, 2.05) is 32.9 Å². The van der Waals surface area contributed by atoms with Crippen LogP contribution < -0.4 is 20.7 Å². The first-order valence-electron chi connectivity index (χ1n) is 8.18. The minimum atomic E-state index is -0.253. The first-order valence-corrected chi connectivity index (χ1v) is 8.18. The van der Waals surface area contributed by atoms with Gasteiger partial charge in [0, 0.05) is 30.9 Å². The van der Waals surface area contributed by atoms with Crippen molar-refractivity contribution in [2.75, 3.05) is 20.2 Å². The molecule has 142 valence electrons. The van der Waals surface area contributed by atoms with Gasteiger partial charge in [-0.05, 0) is 33.3 Å². The van der Waals surface area contributed by atoms with Crippen molar-refractivity contribution in [2.24, 2.45) is 4.99 Å². The van der Waals surface area contributed by atoms with E-state index in [0.717, 1.165) is 12.0 Å². The number of ether oxygens (including phenoxy) is 1. The van der Waals surface area contributed by atoms with E-state index in [2.05, 4.69) is 32.9 Å². The number of carbonyl (C=O) groups excluding carboxylic acids is 1. The number of hydrogen-bond acceptors (Lipinski definition) is 4. The molecule has 7 nitrogen and oxygen atoms in total. The minimum absolute atomic E-state index is 0. The topological polar surface area (TPSA) is 87.6 Å². The summed E-state index contributed by atoms with van der Waals surface area (Å²) in [6, 6.07) is 3.81. The van der Waals surface area contributed by atoms with Crippen molar-refractivity contribution < 1.29 is 9.53 Å². The predicted octanol–water partition coefficient (Wildman–Crippen LogP) is 2.07. The first-order chi connectivity index (χ1) is 11.4. The zero-order valence-corrected chi connectivity index (χ0v) is 18.0. The quantitative estimate of drug-likeness (QED) is 0.328. The van der Waals surface area contributed by atoms with Crippen molar-refractivity contribution in [1.82, 2.24) is 20.9 Å². The number of rotatable bonds is 7. The molecule has 0 saturated carbocycles. The summed E-state index contributed by atoms with van der Waals surface area (Å²) >= 11 is 0. The highest BCUT2D eigenvalue weighted by Crippen LogP contribution is 2.14. The average Bonchev–Trinajstić information content (AvgIpc) is 2.52. The number of halogens is 1. The maximum absolute atomic E-state index is 11.8. The molecule has 1 aromatic heterocycles. The second-order valence-electron chi connectivity index (χ2n) is 6.39. The fraction of sp³-hybridized carbons (Fsp3) is 0.588. The standard InChI is InChI=1S/C17H29N5O2.HI/c1-6-10-24-15-13(8-7-9-19-15)11-20-16(18-5)21-12-14(23)22-17(2,3)4;/h7-9H,6,10-12H2,1-5H3,(H,22,23)(H2,18,20,21);1H. The van der Waals surface area contributed by atoms with Gasteiger partial charge in [-0.3, -0.25) is 9.79 Å². The molecule has 0 aliphatic carbocycles. The van der Waals surface area contributed by atoms with Gasteiger partial charge in [-0.2, -0.15) is 0 Å². The molecule has 0 spiro atoms. The van der Waals surface area contributed by atoms with Crippen LogP contribution in [0.2, 0.25) is 0 Å². The van der Waals surface area contributed by atoms with Gasteiger partial charge in [0.2, 0.25) is 11.8 Å². The molecular weight excluding hydrogens is 433 g/mol. The van der Waals surface area contributed by atoms with E-state index in [-0.39, 0.29) is 42.0 Å². The fourth-order valence-corrected chi connectivity index (χ4v) is 1.91. The number of hydrogen-bond donors (Lipinski definition) is 3. The summed E-state index contributed by atoms with van der Waals surface area (Å²) < 4.78 is 5.63. The summed E-state index contributed by atoms with van der Waals surface area (Å²) in [7, 11) is 1.66. The van der Waals surface area contributed by atoms with Gasteiger partial charge in [0.25, 0.3) is 0 Å². The lowest BCUT2D eigenvalue weighted by Gasteiger charge is -2.21. The molecule has 0 atom stereocenters. The van der Waals surface area contributed by atoms with Gasteiger partial charge in [0.05, 0.1) is 13.2 Å². The van der Waals surface area contributed by atoms with Crippen LogP contribution in [0.4, 0.5) is 0 Å². The van der Waals surface area contributed by atoms with Crippen LogP contribution in [0.1, 0.15) is 39.7 Å². The molecule has 25 heavy (non-hydrogen) atoms. The molecule has 0 unspecified atom stereocenters. The summed E-state index contributed by atoms with van der Waals surface area (Å²) in [5.41, 5.74) is 0.685. The molecule has 1 amide bonds. The zero-order chi connectivity index (χ0) is 18.0. The highest BCUT2D eigenvalue weighted by Gasteiger charge is 2.13. The molecule has 1 heterocycles. The van der Waals surface area contributed by atoms with Crippen LogP contribution in [0.25, 0.3) is 0 Å². The molecule has 8 heteroatoms. The van der Waals surface area contributed by atoms with E-state index in [1.54, 1.807) is 13.2 Å². The van der Waals surface area contributed by atoms with Crippen molar-refractivity contribution in [3.63, 3.8) is 0 Å². The third kappa shape index (κ3) is 10.1. The molecular formula is C17H30IN5O2. The summed E-state index contributed by atoms with van der Waals surface area (Å²) in [6.45, 7) is 9.17. The molecule has 3 N–H and O–H groups in total. The molecule has 0 saturated heterocycles. The second-order valence-corrected chi connectivity index (χ2v) is 6.39. The largest absolute Gasteiger partial charge is 0.477 e. The van der Waals surface area contributed by atoms with Crippen molar-refractivity contribution in [2.45, 2.75) is 46.2 Å². The van der Waals surface area contributed by atoms with E-state index < -0.39 is 0 Å². The monoisotopic (exact) mass is 463 g/mol. The Bertz CT molecular complexity index is 558. The van der Waals surface area contributed by atoms with Crippen molar-refractivity contribution in [1.29, 1.82) is 0 Å². The Balaban J connectivity index is 0.00000576. The number of nitrogens with one attached hydrogen (secondary N) is 3. The van der Waals surface area contributed by atoms with Crippen molar-refractivity contribution in [3.05, 3.63) is 23.9 Å². The molecule has 0 aliphatic rings. The van der Waals surface area contributed by atoms with Crippen LogP contribution >= 0.6 is 24.0 Å². The lowest BCUT2D eigenvalue weighted by molar-refractivity contribution is -0.121. The molecule has 0 aromatic carbocycles. The van der Waals surface area contributed by atoms with E-state index in [0.29, 0.717) is 25.0 Å². The average molecular weight is 463 g/mol. The molecule has 1 rings (SSSR count). The summed E-state index contributed by atoms with van der Waals surface area (Å²) in [5.74, 6) is 1.08. The van der Waals surface area contributed by atoms with Gasteiger partial charge < -0.3 is 20.7 Å². The van der Waals surface area contributed by atoms with Crippen LogP contribution in [0.15, 0.2) is 23.3 Å². The number of amides is 1. The zero-order valence-electron chi connectivity index (χ0n) is 15.7. The van der Waals surface area contributed by atoms with Gasteiger partial charge in [0.15, 0.2) is 5.96 Å². The SMILES string of the molecule is CCCOc1ncccc1CNC(=NC)NCC(=O)NC(C)(C)C.I. The summed E-state index contributed by atoms with van der Waals surface area (Å²) in [6.07, 6.45) is 2.63. The predicted molar refractivity (Wildman–Crippen MR) is 112 cm³/mol. The molecule has 1 aromatic rings. The maximum Gasteiger partial charge on any atom is 0.239 e. The lowest BCUT2D eigenvalue weighted by atomic mass is 10.1. The van der Waals surface area contributed by atoms with Crippen LogP contribution in [0, 0.1) is 0 Å². The van der Waals surface area contributed by atoms with Crippen LogP contribution in [0.3, 0.4) is 0 Å². The maximum atomic E-state index is 11.8. The Morgan fingerprint density at radius 1 is 1.32 bits per heavy atom. The van der Waals surface area contributed by atoms with Crippen LogP contribution in [-0.4, -0.2) is 42.6 Å². The van der Waals surface area contributed by atoms with Gasteiger partial charge in [-0.25, -0.2) is 4.98 Å². The molecule has 0 bridgehead atoms. The third-order valence-corrected chi connectivity index (χ3v) is 2.89. The minimum Gasteiger partial charge on any atom is -0.477 e. The smallest absolute Gasteiger partial charge is 0.239 e.